The average Bonchev–Trinajstić information content (AvgIpc) is 2.27. The number of primary amides is 1. The first kappa shape index (κ1) is 14.0. The topological polar surface area (TPSA) is 92.9 Å². The number of nitrogens with two attached hydrogens (primary N) is 1. The van der Waals surface area contributed by atoms with Gasteiger partial charge >= 0.3 is 6.18 Å². The van der Waals surface area contributed by atoms with Gasteiger partial charge in [0.05, 0.1) is 0 Å². The number of nitrogens with one attached hydrogen (secondary N) is 2. The van der Waals surface area contributed by atoms with Crippen LogP contribution in [0, 0.1) is 0 Å². The molecule has 1 aromatic heterocycles. The van der Waals surface area contributed by atoms with Crippen molar-refractivity contribution in [1.29, 1.82) is 0 Å². The fraction of sp³-hybridized carbons (Fsp3) is 0.444. The Hall–Kier alpha value is -2.06. The first-order valence-electron chi connectivity index (χ1n) is 4.99. The average molecular weight is 263 g/mol. The van der Waals surface area contributed by atoms with Gasteiger partial charge in [0.15, 0.2) is 5.69 Å². The molecule has 1 heterocycles. The molecule has 0 radical (unpaired) electrons. The van der Waals surface area contributed by atoms with Crippen LogP contribution in [0.15, 0.2) is 6.07 Å². The normalized spacial score (nSPS) is 11.1. The largest absolute Gasteiger partial charge is 0.433 e. The number of nitrogens with zero attached hydrogens (tertiary/aromatic N) is 2. The summed E-state index contributed by atoms with van der Waals surface area (Å²) >= 11 is 0. The molecule has 0 fully saturated rings. The Morgan fingerprint density at radius 1 is 1.44 bits per heavy atom. The van der Waals surface area contributed by atoms with Gasteiger partial charge in [-0.1, -0.05) is 0 Å². The van der Waals surface area contributed by atoms with Crippen molar-refractivity contribution < 1.29 is 18.0 Å². The number of carbonyl (C=O) groups is 1. The molecular weight excluding hydrogens is 251 g/mol. The van der Waals surface area contributed by atoms with Crippen molar-refractivity contribution in [3.63, 3.8) is 0 Å². The zero-order chi connectivity index (χ0) is 13.8. The van der Waals surface area contributed by atoms with E-state index in [0.29, 0.717) is 0 Å². The zero-order valence-corrected chi connectivity index (χ0v) is 9.51. The van der Waals surface area contributed by atoms with E-state index >= 15 is 0 Å². The van der Waals surface area contributed by atoms with Crippen LogP contribution in [0.1, 0.15) is 12.1 Å². The number of hydrogen-bond donors (Lipinski definition) is 3. The molecule has 4 N–H and O–H groups in total. The summed E-state index contributed by atoms with van der Waals surface area (Å²) in [6.45, 7) is 0.104. The summed E-state index contributed by atoms with van der Waals surface area (Å²) < 4.78 is 37.5. The van der Waals surface area contributed by atoms with Gasteiger partial charge in [-0.15, -0.1) is 0 Å². The number of carbonyl (C=O) groups excluding carboxylic acids is 1. The second-order valence-electron chi connectivity index (χ2n) is 3.35. The Kier molecular flexibility index (Phi) is 4.29. The van der Waals surface area contributed by atoms with Crippen LogP contribution >= 0.6 is 0 Å². The van der Waals surface area contributed by atoms with E-state index in [1.165, 1.54) is 7.05 Å². The van der Waals surface area contributed by atoms with Gasteiger partial charge in [0.2, 0.25) is 11.9 Å². The monoisotopic (exact) mass is 263 g/mol. The minimum Gasteiger partial charge on any atom is -0.370 e. The van der Waals surface area contributed by atoms with E-state index in [0.717, 1.165) is 6.07 Å². The molecule has 0 aliphatic rings. The van der Waals surface area contributed by atoms with Crippen LogP contribution in [0.25, 0.3) is 0 Å². The number of anilines is 2. The lowest BCUT2D eigenvalue weighted by molar-refractivity contribution is -0.141. The molecular formula is C9H12F3N5O. The molecule has 0 bridgehead atoms. The maximum absolute atomic E-state index is 12.5. The van der Waals surface area contributed by atoms with Crippen molar-refractivity contribution >= 4 is 17.7 Å². The Labute approximate surface area is 101 Å². The Bertz CT molecular complexity index is 435. The van der Waals surface area contributed by atoms with E-state index in [1.54, 1.807) is 0 Å². The maximum Gasteiger partial charge on any atom is 0.433 e. The number of aromatic nitrogens is 2. The van der Waals surface area contributed by atoms with Gasteiger partial charge in [0.1, 0.15) is 5.82 Å². The molecule has 6 nitrogen and oxygen atoms in total. The number of halogens is 3. The minimum atomic E-state index is -4.56. The molecule has 1 amide bonds. The predicted molar refractivity (Wildman–Crippen MR) is 58.9 cm³/mol. The van der Waals surface area contributed by atoms with Gasteiger partial charge in [-0.25, -0.2) is 4.98 Å². The molecule has 0 aromatic carbocycles. The summed E-state index contributed by atoms with van der Waals surface area (Å²) in [6.07, 6.45) is -4.56. The van der Waals surface area contributed by atoms with Crippen molar-refractivity contribution in [3.05, 3.63) is 11.8 Å². The molecule has 0 aliphatic carbocycles. The Morgan fingerprint density at radius 2 is 2.11 bits per heavy atom. The summed E-state index contributed by atoms with van der Waals surface area (Å²) in [7, 11) is 1.41. The lowest BCUT2D eigenvalue weighted by Gasteiger charge is -2.11. The second-order valence-corrected chi connectivity index (χ2v) is 3.35. The molecule has 0 aliphatic heterocycles. The molecule has 18 heavy (non-hydrogen) atoms. The molecule has 0 saturated carbocycles. The lowest BCUT2D eigenvalue weighted by atomic mass is 10.3. The standard InChI is InChI=1S/C9H12F3N5O/c1-14-8-16-5(9(10,11)12)4-7(17-8)15-3-2-6(13)18/h4H,2-3H2,1H3,(H2,13,18)(H2,14,15,16,17). The van der Waals surface area contributed by atoms with E-state index < -0.39 is 17.8 Å². The molecule has 9 heteroatoms. The first-order valence-corrected chi connectivity index (χ1v) is 4.99. The number of alkyl halides is 3. The third kappa shape index (κ3) is 4.07. The summed E-state index contributed by atoms with van der Waals surface area (Å²) in [5.41, 5.74) is 3.84. The summed E-state index contributed by atoms with van der Waals surface area (Å²) in [5, 5.41) is 5.00. The third-order valence-corrected chi connectivity index (χ3v) is 1.92. The number of rotatable bonds is 5. The Balaban J connectivity index is 2.87. The van der Waals surface area contributed by atoms with Crippen molar-refractivity contribution in [3.8, 4) is 0 Å². The lowest BCUT2D eigenvalue weighted by Crippen LogP contribution is -2.17. The molecule has 0 unspecified atom stereocenters. The maximum atomic E-state index is 12.5. The van der Waals surface area contributed by atoms with Crippen LogP contribution in [-0.2, 0) is 11.0 Å². The van der Waals surface area contributed by atoms with E-state index in [-0.39, 0.29) is 24.7 Å². The van der Waals surface area contributed by atoms with Crippen LogP contribution in [0.3, 0.4) is 0 Å². The van der Waals surface area contributed by atoms with Gasteiger partial charge < -0.3 is 16.4 Å². The highest BCUT2D eigenvalue weighted by atomic mass is 19.4. The Morgan fingerprint density at radius 3 is 2.61 bits per heavy atom. The quantitative estimate of drug-likeness (QED) is 0.731. The van der Waals surface area contributed by atoms with Crippen LogP contribution in [0.2, 0.25) is 0 Å². The first-order chi connectivity index (χ1) is 8.32. The summed E-state index contributed by atoms with van der Waals surface area (Å²) in [6, 6.07) is 0.766. The van der Waals surface area contributed by atoms with Crippen molar-refractivity contribution in [2.45, 2.75) is 12.6 Å². The zero-order valence-electron chi connectivity index (χ0n) is 9.51. The number of hydrogen-bond acceptors (Lipinski definition) is 5. The second kappa shape index (κ2) is 5.52. The predicted octanol–water partition coefficient (Wildman–Crippen LogP) is 0.824. The van der Waals surface area contributed by atoms with E-state index in [2.05, 4.69) is 20.6 Å². The van der Waals surface area contributed by atoms with Crippen molar-refractivity contribution in [1.82, 2.24) is 9.97 Å². The van der Waals surface area contributed by atoms with Crippen LogP contribution in [0.4, 0.5) is 24.9 Å². The van der Waals surface area contributed by atoms with Gasteiger partial charge in [-0.05, 0) is 0 Å². The molecule has 100 valence electrons. The highest BCUT2D eigenvalue weighted by molar-refractivity contribution is 5.74. The fourth-order valence-electron chi connectivity index (χ4n) is 1.11. The smallest absolute Gasteiger partial charge is 0.370 e. The van der Waals surface area contributed by atoms with Crippen LogP contribution < -0.4 is 16.4 Å². The summed E-state index contributed by atoms with van der Waals surface area (Å²) in [5.74, 6) is -0.740. The van der Waals surface area contributed by atoms with Gasteiger partial charge in [-0.3, -0.25) is 4.79 Å². The van der Waals surface area contributed by atoms with E-state index in [4.69, 9.17) is 5.73 Å². The van der Waals surface area contributed by atoms with Gasteiger partial charge in [-0.2, -0.15) is 18.2 Å². The van der Waals surface area contributed by atoms with E-state index in [9.17, 15) is 18.0 Å². The van der Waals surface area contributed by atoms with Crippen LogP contribution in [-0.4, -0.2) is 29.5 Å². The number of amides is 1. The SMILES string of the molecule is CNc1nc(NCCC(N)=O)cc(C(F)(F)F)n1. The minimum absolute atomic E-state index is 0.000239. The van der Waals surface area contributed by atoms with Crippen molar-refractivity contribution in [2.75, 3.05) is 24.2 Å². The van der Waals surface area contributed by atoms with Crippen LogP contribution in [0.5, 0.6) is 0 Å². The molecule has 1 rings (SSSR count). The van der Waals surface area contributed by atoms with Gasteiger partial charge in [0.25, 0.3) is 0 Å². The highest BCUT2D eigenvalue weighted by Gasteiger charge is 2.33. The molecule has 1 aromatic rings. The van der Waals surface area contributed by atoms with E-state index in [1.807, 2.05) is 0 Å². The molecule has 0 saturated heterocycles. The van der Waals surface area contributed by atoms with Crippen molar-refractivity contribution in [2.24, 2.45) is 5.73 Å². The third-order valence-electron chi connectivity index (χ3n) is 1.92. The summed E-state index contributed by atoms with van der Waals surface area (Å²) in [4.78, 5) is 17.6. The molecule has 0 atom stereocenters. The fourth-order valence-corrected chi connectivity index (χ4v) is 1.11. The highest BCUT2D eigenvalue weighted by Crippen LogP contribution is 2.29. The molecule has 0 spiro atoms. The van der Waals surface area contributed by atoms with Gasteiger partial charge in [0, 0.05) is 26.1 Å².